The zero-order valence-electron chi connectivity index (χ0n) is 7.39. The fourth-order valence-electron chi connectivity index (χ4n) is 0.765. The summed E-state index contributed by atoms with van der Waals surface area (Å²) in [6.45, 7) is 3.11. The van der Waals surface area contributed by atoms with Gasteiger partial charge in [-0.05, 0) is 13.8 Å². The second-order valence-corrected chi connectivity index (χ2v) is 2.73. The van der Waals surface area contributed by atoms with Crippen LogP contribution in [0.2, 0.25) is 0 Å². The number of hydrogen-bond acceptors (Lipinski definition) is 4. The number of rotatable bonds is 3. The first-order valence-corrected chi connectivity index (χ1v) is 3.74. The van der Waals surface area contributed by atoms with E-state index in [1.807, 2.05) is 0 Å². The summed E-state index contributed by atoms with van der Waals surface area (Å²) in [4.78, 5) is 21.5. The van der Waals surface area contributed by atoms with Crippen LogP contribution < -0.4 is 5.73 Å². The molecule has 1 aromatic rings. The van der Waals surface area contributed by atoms with Crippen molar-refractivity contribution in [3.05, 3.63) is 11.9 Å². The number of carbonyl (C=O) groups excluding carboxylic acids is 2. The lowest BCUT2D eigenvalue weighted by Gasteiger charge is -2.04. The number of carbonyl (C=O) groups is 2. The number of aromatic nitrogens is 3. The first-order valence-electron chi connectivity index (χ1n) is 3.74. The molecule has 6 heteroatoms. The Morgan fingerprint density at radius 3 is 2.62 bits per heavy atom. The van der Waals surface area contributed by atoms with Crippen molar-refractivity contribution in [3.8, 4) is 0 Å². The van der Waals surface area contributed by atoms with Crippen LogP contribution in [0.25, 0.3) is 0 Å². The lowest BCUT2D eigenvalue weighted by atomic mass is 10.2. The summed E-state index contributed by atoms with van der Waals surface area (Å²) in [7, 11) is 0. The molecule has 70 valence electrons. The Labute approximate surface area is 74.7 Å². The van der Waals surface area contributed by atoms with Crippen LogP contribution in [-0.2, 0) is 4.79 Å². The number of amides is 1. The summed E-state index contributed by atoms with van der Waals surface area (Å²) >= 11 is 0. The van der Waals surface area contributed by atoms with E-state index in [1.165, 1.54) is 17.8 Å². The molecule has 0 spiro atoms. The molecule has 0 aromatic carbocycles. The SMILES string of the molecule is CC(=O)C(C)n1cc(C(N)=O)nn1. The molecule has 0 aliphatic carbocycles. The van der Waals surface area contributed by atoms with Gasteiger partial charge in [0.05, 0.1) is 6.20 Å². The van der Waals surface area contributed by atoms with Gasteiger partial charge in [-0.25, -0.2) is 4.68 Å². The van der Waals surface area contributed by atoms with Gasteiger partial charge in [0, 0.05) is 0 Å². The maximum atomic E-state index is 10.9. The van der Waals surface area contributed by atoms with Crippen molar-refractivity contribution in [2.45, 2.75) is 19.9 Å². The third-order valence-electron chi connectivity index (χ3n) is 1.75. The van der Waals surface area contributed by atoms with Gasteiger partial charge >= 0.3 is 0 Å². The van der Waals surface area contributed by atoms with Crippen LogP contribution in [0.5, 0.6) is 0 Å². The van der Waals surface area contributed by atoms with E-state index >= 15 is 0 Å². The summed E-state index contributed by atoms with van der Waals surface area (Å²) < 4.78 is 1.31. The first kappa shape index (κ1) is 9.37. The van der Waals surface area contributed by atoms with E-state index in [0.29, 0.717) is 0 Å². The second kappa shape index (κ2) is 3.34. The summed E-state index contributed by atoms with van der Waals surface area (Å²) in [6, 6.07) is -0.416. The molecule has 0 radical (unpaired) electrons. The molecule has 6 nitrogen and oxygen atoms in total. The predicted octanol–water partition coefficient (Wildman–Crippen LogP) is -0.473. The van der Waals surface area contributed by atoms with Crippen molar-refractivity contribution in [1.29, 1.82) is 0 Å². The van der Waals surface area contributed by atoms with Gasteiger partial charge in [0.15, 0.2) is 11.5 Å². The van der Waals surface area contributed by atoms with E-state index in [1.54, 1.807) is 6.92 Å². The number of Topliss-reactive ketones (excluding diaryl/α,β-unsaturated/α-hetero) is 1. The Hall–Kier alpha value is -1.72. The maximum Gasteiger partial charge on any atom is 0.270 e. The van der Waals surface area contributed by atoms with Gasteiger partial charge in [0.2, 0.25) is 0 Å². The lowest BCUT2D eigenvalue weighted by Crippen LogP contribution is -2.14. The second-order valence-electron chi connectivity index (χ2n) is 2.73. The quantitative estimate of drug-likeness (QED) is 0.683. The highest BCUT2D eigenvalue weighted by Gasteiger charge is 2.13. The van der Waals surface area contributed by atoms with Crippen LogP contribution >= 0.6 is 0 Å². The minimum atomic E-state index is -0.651. The van der Waals surface area contributed by atoms with E-state index in [4.69, 9.17) is 5.73 Å². The topological polar surface area (TPSA) is 90.9 Å². The molecule has 0 saturated heterocycles. The number of nitrogens with zero attached hydrogens (tertiary/aromatic N) is 3. The zero-order chi connectivity index (χ0) is 10.0. The van der Waals surface area contributed by atoms with Gasteiger partial charge in [-0.2, -0.15) is 0 Å². The Morgan fingerprint density at radius 2 is 2.23 bits per heavy atom. The van der Waals surface area contributed by atoms with Crippen LogP contribution in [0.3, 0.4) is 0 Å². The fraction of sp³-hybridized carbons (Fsp3) is 0.429. The highest BCUT2D eigenvalue weighted by molar-refractivity contribution is 5.90. The molecular formula is C7H10N4O2. The first-order chi connectivity index (χ1) is 6.02. The number of primary amides is 1. The fourth-order valence-corrected chi connectivity index (χ4v) is 0.765. The summed E-state index contributed by atoms with van der Waals surface area (Å²) in [5, 5.41) is 7.11. The Balaban J connectivity index is 2.91. The van der Waals surface area contributed by atoms with Crippen LogP contribution in [0.15, 0.2) is 6.20 Å². The van der Waals surface area contributed by atoms with Gasteiger partial charge < -0.3 is 5.73 Å². The van der Waals surface area contributed by atoms with E-state index in [9.17, 15) is 9.59 Å². The van der Waals surface area contributed by atoms with Crippen LogP contribution in [-0.4, -0.2) is 26.7 Å². The molecule has 0 fully saturated rings. The molecular weight excluding hydrogens is 172 g/mol. The predicted molar refractivity (Wildman–Crippen MR) is 43.9 cm³/mol. The lowest BCUT2D eigenvalue weighted by molar-refractivity contribution is -0.119. The minimum absolute atomic E-state index is 0.0547. The van der Waals surface area contributed by atoms with Crippen LogP contribution in [0.4, 0.5) is 0 Å². The minimum Gasteiger partial charge on any atom is -0.364 e. The van der Waals surface area contributed by atoms with Crippen molar-refractivity contribution in [3.63, 3.8) is 0 Å². The largest absolute Gasteiger partial charge is 0.364 e. The zero-order valence-corrected chi connectivity index (χ0v) is 7.39. The van der Waals surface area contributed by atoms with Crippen LogP contribution in [0, 0.1) is 0 Å². The third-order valence-corrected chi connectivity index (χ3v) is 1.75. The molecule has 0 saturated carbocycles. The molecule has 1 amide bonds. The molecule has 0 aliphatic rings. The number of nitrogens with two attached hydrogens (primary N) is 1. The molecule has 1 rings (SSSR count). The summed E-state index contributed by atoms with van der Waals surface area (Å²) in [6.07, 6.45) is 1.36. The Kier molecular flexibility index (Phi) is 2.41. The van der Waals surface area contributed by atoms with Gasteiger partial charge in [-0.1, -0.05) is 5.21 Å². The highest BCUT2D eigenvalue weighted by atomic mass is 16.1. The van der Waals surface area contributed by atoms with Gasteiger partial charge in [0.25, 0.3) is 5.91 Å². The Bertz CT molecular complexity index is 344. The van der Waals surface area contributed by atoms with Crippen molar-refractivity contribution in [2.24, 2.45) is 5.73 Å². The smallest absolute Gasteiger partial charge is 0.270 e. The summed E-state index contributed by atoms with van der Waals surface area (Å²) in [5.41, 5.74) is 5.03. The van der Waals surface area contributed by atoms with Crippen molar-refractivity contribution in [1.82, 2.24) is 15.0 Å². The number of hydrogen-bond donors (Lipinski definition) is 1. The standard InChI is InChI=1S/C7H10N4O2/c1-4(5(2)12)11-3-6(7(8)13)9-10-11/h3-4H,1-2H3,(H2,8,13). The van der Waals surface area contributed by atoms with Crippen molar-refractivity contribution < 1.29 is 9.59 Å². The van der Waals surface area contributed by atoms with Gasteiger partial charge in [-0.15, -0.1) is 5.10 Å². The molecule has 2 N–H and O–H groups in total. The van der Waals surface area contributed by atoms with E-state index in [2.05, 4.69) is 10.3 Å². The average Bonchev–Trinajstić information content (AvgIpc) is 2.50. The third kappa shape index (κ3) is 1.90. The highest BCUT2D eigenvalue weighted by Crippen LogP contribution is 2.04. The molecule has 0 bridgehead atoms. The van der Waals surface area contributed by atoms with Crippen LogP contribution in [0.1, 0.15) is 30.4 Å². The molecule has 1 unspecified atom stereocenters. The molecule has 0 aliphatic heterocycles. The average molecular weight is 182 g/mol. The maximum absolute atomic E-state index is 10.9. The molecule has 13 heavy (non-hydrogen) atoms. The normalized spacial score (nSPS) is 12.5. The van der Waals surface area contributed by atoms with E-state index in [0.717, 1.165) is 0 Å². The molecule has 1 heterocycles. The van der Waals surface area contributed by atoms with Gasteiger partial charge in [-0.3, -0.25) is 9.59 Å². The van der Waals surface area contributed by atoms with Crippen molar-refractivity contribution in [2.75, 3.05) is 0 Å². The summed E-state index contributed by atoms with van der Waals surface area (Å²) in [5.74, 6) is -0.706. The number of ketones is 1. The van der Waals surface area contributed by atoms with Gasteiger partial charge in [0.1, 0.15) is 6.04 Å². The van der Waals surface area contributed by atoms with Crippen molar-refractivity contribution >= 4 is 11.7 Å². The molecule has 1 atom stereocenters. The Morgan fingerprint density at radius 1 is 1.62 bits per heavy atom. The van der Waals surface area contributed by atoms with E-state index < -0.39 is 11.9 Å². The molecule has 1 aromatic heterocycles. The monoisotopic (exact) mass is 182 g/mol. The van der Waals surface area contributed by atoms with E-state index in [-0.39, 0.29) is 11.5 Å².